The van der Waals surface area contributed by atoms with Gasteiger partial charge in [-0.2, -0.15) is 0 Å². The number of rotatable bonds is 3. The summed E-state index contributed by atoms with van der Waals surface area (Å²) >= 11 is 3.49. The lowest BCUT2D eigenvalue weighted by Crippen LogP contribution is -2.51. The van der Waals surface area contributed by atoms with Crippen LogP contribution in [0.3, 0.4) is 0 Å². The van der Waals surface area contributed by atoms with E-state index < -0.39 is 0 Å². The first-order chi connectivity index (χ1) is 7.19. The molecule has 1 aromatic carbocycles. The molecule has 1 heterocycles. The van der Waals surface area contributed by atoms with Crippen molar-refractivity contribution < 1.29 is 4.74 Å². The molecule has 0 bridgehead atoms. The molecule has 1 aliphatic heterocycles. The van der Waals surface area contributed by atoms with E-state index >= 15 is 0 Å². The monoisotopic (exact) mass is 270 g/mol. The van der Waals surface area contributed by atoms with Crippen molar-refractivity contribution in [2.75, 3.05) is 20.1 Å². The molecule has 2 rings (SSSR count). The lowest BCUT2D eigenvalue weighted by molar-refractivity contribution is 0.0383. The average molecular weight is 271 g/mol. The zero-order valence-corrected chi connectivity index (χ0v) is 10.3. The number of likely N-dealkylation sites (N-methyl/N-ethyl adjacent to an activating group) is 1. The maximum Gasteiger partial charge on any atom is 0.134 e. The van der Waals surface area contributed by atoms with Gasteiger partial charge in [-0.05, 0) is 40.7 Å². The van der Waals surface area contributed by atoms with Gasteiger partial charge in [0.05, 0.1) is 4.47 Å². The van der Waals surface area contributed by atoms with Crippen LogP contribution in [0.25, 0.3) is 0 Å². The van der Waals surface area contributed by atoms with Gasteiger partial charge in [-0.3, -0.25) is 4.90 Å². The molecule has 0 atom stereocenters. The van der Waals surface area contributed by atoms with Crippen LogP contribution in [0.5, 0.6) is 5.75 Å². The molecule has 0 saturated carbocycles. The summed E-state index contributed by atoms with van der Waals surface area (Å²) in [5.41, 5.74) is 6.67. The topological polar surface area (TPSA) is 38.5 Å². The second kappa shape index (κ2) is 4.51. The summed E-state index contributed by atoms with van der Waals surface area (Å²) in [5, 5.41) is 0. The maximum absolute atomic E-state index is 5.82. The van der Waals surface area contributed by atoms with Crippen LogP contribution < -0.4 is 10.5 Å². The Morgan fingerprint density at radius 3 is 2.80 bits per heavy atom. The van der Waals surface area contributed by atoms with Gasteiger partial charge in [0, 0.05) is 19.6 Å². The summed E-state index contributed by atoms with van der Waals surface area (Å²) in [4.78, 5) is 2.23. The molecule has 15 heavy (non-hydrogen) atoms. The number of ether oxygens (including phenoxy) is 1. The highest BCUT2D eigenvalue weighted by atomic mass is 79.9. The Morgan fingerprint density at radius 2 is 2.27 bits per heavy atom. The number of hydrogen-bond donors (Lipinski definition) is 1. The molecule has 0 unspecified atom stereocenters. The lowest BCUT2D eigenvalue weighted by Gasteiger charge is -2.36. The fourth-order valence-corrected chi connectivity index (χ4v) is 2.18. The zero-order valence-electron chi connectivity index (χ0n) is 8.74. The predicted molar refractivity (Wildman–Crippen MR) is 63.9 cm³/mol. The summed E-state index contributed by atoms with van der Waals surface area (Å²) < 4.78 is 6.81. The van der Waals surface area contributed by atoms with Gasteiger partial charge in [0.2, 0.25) is 0 Å². The molecule has 1 fully saturated rings. The molecule has 4 heteroatoms. The SMILES string of the molecule is CN1CC(Oc2ccc(CN)cc2Br)C1. The number of nitrogens with two attached hydrogens (primary N) is 1. The summed E-state index contributed by atoms with van der Waals surface area (Å²) in [6.45, 7) is 2.57. The van der Waals surface area contributed by atoms with Gasteiger partial charge in [-0.25, -0.2) is 0 Å². The molecule has 0 spiro atoms. The van der Waals surface area contributed by atoms with Crippen molar-refractivity contribution in [3.63, 3.8) is 0 Å². The third kappa shape index (κ3) is 2.51. The first-order valence-corrected chi connectivity index (χ1v) is 5.82. The average Bonchev–Trinajstić information content (AvgIpc) is 2.18. The van der Waals surface area contributed by atoms with E-state index in [1.54, 1.807) is 0 Å². The quantitative estimate of drug-likeness (QED) is 0.907. The Morgan fingerprint density at radius 1 is 1.53 bits per heavy atom. The molecular formula is C11H15BrN2O. The largest absolute Gasteiger partial charge is 0.487 e. The van der Waals surface area contributed by atoms with E-state index in [1.165, 1.54) is 0 Å². The van der Waals surface area contributed by atoms with E-state index in [0.29, 0.717) is 12.6 Å². The Kier molecular flexibility index (Phi) is 3.29. The summed E-state index contributed by atoms with van der Waals surface area (Å²) in [7, 11) is 2.09. The molecular weight excluding hydrogens is 256 g/mol. The van der Waals surface area contributed by atoms with Crippen molar-refractivity contribution in [3.8, 4) is 5.75 Å². The minimum absolute atomic E-state index is 0.329. The van der Waals surface area contributed by atoms with E-state index in [-0.39, 0.29) is 0 Å². The maximum atomic E-state index is 5.82. The van der Waals surface area contributed by atoms with Crippen LogP contribution in [0.15, 0.2) is 22.7 Å². The second-order valence-electron chi connectivity index (χ2n) is 3.93. The lowest BCUT2D eigenvalue weighted by atomic mass is 10.2. The second-order valence-corrected chi connectivity index (χ2v) is 4.78. The van der Waals surface area contributed by atoms with Gasteiger partial charge >= 0.3 is 0 Å². The standard InChI is InChI=1S/C11H15BrN2O/c1-14-6-9(7-14)15-11-3-2-8(5-13)4-10(11)12/h2-4,9H,5-7,13H2,1H3. The van der Waals surface area contributed by atoms with Crippen molar-refractivity contribution >= 4 is 15.9 Å². The number of nitrogens with zero attached hydrogens (tertiary/aromatic N) is 1. The van der Waals surface area contributed by atoms with Gasteiger partial charge in [0.1, 0.15) is 11.9 Å². The van der Waals surface area contributed by atoms with E-state index in [0.717, 1.165) is 28.9 Å². The zero-order chi connectivity index (χ0) is 10.8. The Bertz CT molecular complexity index is 350. The fourth-order valence-electron chi connectivity index (χ4n) is 1.66. The molecule has 0 aromatic heterocycles. The first kappa shape index (κ1) is 10.9. The first-order valence-electron chi connectivity index (χ1n) is 5.02. The highest BCUT2D eigenvalue weighted by Crippen LogP contribution is 2.28. The van der Waals surface area contributed by atoms with Crippen molar-refractivity contribution in [1.82, 2.24) is 4.90 Å². The van der Waals surface area contributed by atoms with E-state index in [1.807, 2.05) is 18.2 Å². The van der Waals surface area contributed by atoms with Crippen molar-refractivity contribution in [3.05, 3.63) is 28.2 Å². The molecule has 1 saturated heterocycles. The van der Waals surface area contributed by atoms with Crippen LogP contribution in [0.4, 0.5) is 0 Å². The summed E-state index contributed by atoms with van der Waals surface area (Å²) in [6.07, 6.45) is 0.329. The minimum Gasteiger partial charge on any atom is -0.487 e. The fraction of sp³-hybridized carbons (Fsp3) is 0.455. The third-order valence-electron chi connectivity index (χ3n) is 2.56. The van der Waals surface area contributed by atoms with Crippen LogP contribution in [0.2, 0.25) is 0 Å². The minimum atomic E-state index is 0.329. The third-order valence-corrected chi connectivity index (χ3v) is 3.18. The summed E-state index contributed by atoms with van der Waals surface area (Å²) in [5.74, 6) is 0.908. The Labute approximate surface area is 98.3 Å². The highest BCUT2D eigenvalue weighted by Gasteiger charge is 2.25. The molecule has 1 aliphatic rings. The Balaban J connectivity index is 2.02. The smallest absolute Gasteiger partial charge is 0.134 e. The Hall–Kier alpha value is -0.580. The molecule has 2 N–H and O–H groups in total. The molecule has 3 nitrogen and oxygen atoms in total. The van der Waals surface area contributed by atoms with E-state index in [9.17, 15) is 0 Å². The number of likely N-dealkylation sites (tertiary alicyclic amines) is 1. The van der Waals surface area contributed by atoms with Gasteiger partial charge in [0.25, 0.3) is 0 Å². The molecule has 1 aromatic rings. The molecule has 0 aliphatic carbocycles. The van der Waals surface area contributed by atoms with E-state index in [2.05, 4.69) is 27.9 Å². The van der Waals surface area contributed by atoms with Crippen LogP contribution in [0.1, 0.15) is 5.56 Å². The number of benzene rings is 1. The van der Waals surface area contributed by atoms with Crippen molar-refractivity contribution in [2.24, 2.45) is 5.73 Å². The number of hydrogen-bond acceptors (Lipinski definition) is 3. The van der Waals surface area contributed by atoms with Crippen LogP contribution in [-0.2, 0) is 6.54 Å². The van der Waals surface area contributed by atoms with E-state index in [4.69, 9.17) is 10.5 Å². The molecule has 82 valence electrons. The van der Waals surface area contributed by atoms with Crippen LogP contribution in [-0.4, -0.2) is 31.1 Å². The number of halogens is 1. The van der Waals surface area contributed by atoms with Gasteiger partial charge in [-0.1, -0.05) is 6.07 Å². The van der Waals surface area contributed by atoms with Gasteiger partial charge < -0.3 is 10.5 Å². The van der Waals surface area contributed by atoms with Crippen molar-refractivity contribution in [1.29, 1.82) is 0 Å². The molecule has 0 amide bonds. The predicted octanol–water partition coefficient (Wildman–Crippen LogP) is 1.60. The van der Waals surface area contributed by atoms with Gasteiger partial charge in [-0.15, -0.1) is 0 Å². The van der Waals surface area contributed by atoms with Crippen molar-refractivity contribution in [2.45, 2.75) is 12.6 Å². The normalized spacial score (nSPS) is 17.5. The van der Waals surface area contributed by atoms with Crippen LogP contribution in [0, 0.1) is 0 Å². The van der Waals surface area contributed by atoms with Crippen LogP contribution >= 0.6 is 15.9 Å². The highest BCUT2D eigenvalue weighted by molar-refractivity contribution is 9.10. The molecule has 0 radical (unpaired) electrons. The van der Waals surface area contributed by atoms with Gasteiger partial charge in [0.15, 0.2) is 0 Å². The summed E-state index contributed by atoms with van der Waals surface area (Å²) in [6, 6.07) is 5.99.